The summed E-state index contributed by atoms with van der Waals surface area (Å²) in [7, 11) is 1.31. The SMILES string of the molecule is COC(=O)C(O)CC1=CC2CCC1C2. The molecule has 0 aromatic rings. The Bertz CT molecular complexity index is 270. The zero-order chi connectivity index (χ0) is 10.1. The van der Waals surface area contributed by atoms with Crippen molar-refractivity contribution in [2.24, 2.45) is 11.8 Å². The Morgan fingerprint density at radius 2 is 2.50 bits per heavy atom. The number of rotatable bonds is 3. The van der Waals surface area contributed by atoms with Crippen molar-refractivity contribution in [1.82, 2.24) is 0 Å². The Kier molecular flexibility index (Phi) is 2.59. The standard InChI is InChI=1S/C11H16O3/c1-14-11(13)10(12)6-9-5-7-2-3-8(9)4-7/h5,7-8,10,12H,2-4,6H2,1H3. The maximum Gasteiger partial charge on any atom is 0.335 e. The second kappa shape index (κ2) is 3.73. The van der Waals surface area contributed by atoms with Gasteiger partial charge in [-0.2, -0.15) is 0 Å². The molecule has 3 unspecified atom stereocenters. The topological polar surface area (TPSA) is 46.5 Å². The average Bonchev–Trinajstić information content (AvgIpc) is 2.77. The van der Waals surface area contributed by atoms with Crippen molar-refractivity contribution >= 4 is 5.97 Å². The quantitative estimate of drug-likeness (QED) is 0.546. The maximum absolute atomic E-state index is 11.0. The Hall–Kier alpha value is -0.830. The van der Waals surface area contributed by atoms with Crippen molar-refractivity contribution in [3.8, 4) is 0 Å². The van der Waals surface area contributed by atoms with E-state index in [0.717, 1.165) is 0 Å². The van der Waals surface area contributed by atoms with E-state index in [0.29, 0.717) is 18.3 Å². The molecule has 0 aromatic carbocycles. The van der Waals surface area contributed by atoms with Crippen LogP contribution >= 0.6 is 0 Å². The number of methoxy groups -OCH3 is 1. The van der Waals surface area contributed by atoms with Crippen molar-refractivity contribution in [3.05, 3.63) is 11.6 Å². The molecular weight excluding hydrogens is 180 g/mol. The first kappa shape index (κ1) is 9.71. The fourth-order valence-corrected chi connectivity index (χ4v) is 2.62. The minimum atomic E-state index is -0.967. The number of aliphatic hydroxyl groups is 1. The summed E-state index contributed by atoms with van der Waals surface area (Å²) in [6, 6.07) is 0. The summed E-state index contributed by atoms with van der Waals surface area (Å²) in [5, 5.41) is 9.49. The van der Waals surface area contributed by atoms with Crippen molar-refractivity contribution in [1.29, 1.82) is 0 Å². The zero-order valence-corrected chi connectivity index (χ0v) is 8.40. The third kappa shape index (κ3) is 1.69. The molecule has 1 saturated carbocycles. The van der Waals surface area contributed by atoms with E-state index in [1.165, 1.54) is 31.9 Å². The number of hydrogen-bond donors (Lipinski definition) is 1. The van der Waals surface area contributed by atoms with E-state index in [9.17, 15) is 9.90 Å². The van der Waals surface area contributed by atoms with Gasteiger partial charge in [0.1, 0.15) is 0 Å². The van der Waals surface area contributed by atoms with Crippen molar-refractivity contribution in [3.63, 3.8) is 0 Å². The lowest BCUT2D eigenvalue weighted by atomic mass is 9.94. The molecule has 0 radical (unpaired) electrons. The Labute approximate surface area is 83.8 Å². The third-order valence-corrected chi connectivity index (χ3v) is 3.35. The van der Waals surface area contributed by atoms with Gasteiger partial charge in [0.25, 0.3) is 0 Å². The number of esters is 1. The van der Waals surface area contributed by atoms with Crippen LogP contribution in [-0.2, 0) is 9.53 Å². The van der Waals surface area contributed by atoms with E-state index >= 15 is 0 Å². The molecule has 0 spiro atoms. The predicted molar refractivity (Wildman–Crippen MR) is 51.6 cm³/mol. The van der Waals surface area contributed by atoms with E-state index in [4.69, 9.17) is 0 Å². The van der Waals surface area contributed by atoms with Gasteiger partial charge in [0.15, 0.2) is 6.10 Å². The van der Waals surface area contributed by atoms with E-state index in [1.807, 2.05) is 0 Å². The molecule has 0 aliphatic heterocycles. The summed E-state index contributed by atoms with van der Waals surface area (Å²) < 4.78 is 4.49. The molecule has 2 aliphatic rings. The lowest BCUT2D eigenvalue weighted by Crippen LogP contribution is -2.23. The minimum Gasteiger partial charge on any atom is -0.467 e. The second-order valence-electron chi connectivity index (χ2n) is 4.25. The summed E-state index contributed by atoms with van der Waals surface area (Å²) >= 11 is 0. The summed E-state index contributed by atoms with van der Waals surface area (Å²) in [6.45, 7) is 0. The zero-order valence-electron chi connectivity index (χ0n) is 8.40. The number of carbonyl (C=O) groups excluding carboxylic acids is 1. The largest absolute Gasteiger partial charge is 0.467 e. The number of aliphatic hydroxyl groups excluding tert-OH is 1. The van der Waals surface area contributed by atoms with Gasteiger partial charge in [0.2, 0.25) is 0 Å². The van der Waals surface area contributed by atoms with Gasteiger partial charge in [0.05, 0.1) is 7.11 Å². The van der Waals surface area contributed by atoms with Gasteiger partial charge in [-0.1, -0.05) is 11.6 Å². The molecule has 3 heteroatoms. The highest BCUT2D eigenvalue weighted by atomic mass is 16.5. The molecule has 0 saturated heterocycles. The van der Waals surface area contributed by atoms with Crippen LogP contribution in [0.5, 0.6) is 0 Å². The predicted octanol–water partition coefficient (Wildman–Crippen LogP) is 1.27. The first-order valence-corrected chi connectivity index (χ1v) is 5.17. The van der Waals surface area contributed by atoms with E-state index in [1.54, 1.807) is 0 Å². The second-order valence-corrected chi connectivity index (χ2v) is 4.25. The first-order valence-electron chi connectivity index (χ1n) is 5.17. The monoisotopic (exact) mass is 196 g/mol. The molecule has 3 atom stereocenters. The molecule has 0 amide bonds. The molecule has 1 N–H and O–H groups in total. The molecule has 78 valence electrons. The Balaban J connectivity index is 1.92. The van der Waals surface area contributed by atoms with Gasteiger partial charge < -0.3 is 9.84 Å². The lowest BCUT2D eigenvalue weighted by Gasteiger charge is -2.15. The van der Waals surface area contributed by atoms with Gasteiger partial charge in [-0.15, -0.1) is 0 Å². The molecule has 2 rings (SSSR count). The molecule has 3 nitrogen and oxygen atoms in total. The molecule has 2 aliphatic carbocycles. The maximum atomic E-state index is 11.0. The van der Waals surface area contributed by atoms with Crippen molar-refractivity contribution < 1.29 is 14.6 Å². The smallest absolute Gasteiger partial charge is 0.335 e. The molecular formula is C11H16O3. The van der Waals surface area contributed by atoms with Gasteiger partial charge >= 0.3 is 5.97 Å². The van der Waals surface area contributed by atoms with Gasteiger partial charge in [0, 0.05) is 6.42 Å². The van der Waals surface area contributed by atoms with Crippen LogP contribution in [0.15, 0.2) is 11.6 Å². The number of allylic oxidation sites excluding steroid dienone is 1. The van der Waals surface area contributed by atoms with Gasteiger partial charge in [-0.25, -0.2) is 4.79 Å². The van der Waals surface area contributed by atoms with Crippen LogP contribution in [0.3, 0.4) is 0 Å². The molecule has 14 heavy (non-hydrogen) atoms. The van der Waals surface area contributed by atoms with Crippen LogP contribution in [0.25, 0.3) is 0 Å². The summed E-state index contributed by atoms with van der Waals surface area (Å²) in [6.07, 6.45) is 5.47. The fraction of sp³-hybridized carbons (Fsp3) is 0.727. The lowest BCUT2D eigenvalue weighted by molar-refractivity contribution is -0.150. The van der Waals surface area contributed by atoms with Crippen LogP contribution in [0.4, 0.5) is 0 Å². The van der Waals surface area contributed by atoms with Crippen molar-refractivity contribution in [2.45, 2.75) is 31.8 Å². The fourth-order valence-electron chi connectivity index (χ4n) is 2.62. The van der Waals surface area contributed by atoms with Crippen LogP contribution in [-0.4, -0.2) is 24.3 Å². The number of hydrogen-bond acceptors (Lipinski definition) is 3. The molecule has 0 aromatic heterocycles. The average molecular weight is 196 g/mol. The summed E-state index contributed by atoms with van der Waals surface area (Å²) in [5.41, 5.74) is 1.26. The van der Waals surface area contributed by atoms with Crippen LogP contribution in [0.2, 0.25) is 0 Å². The molecule has 1 fully saturated rings. The highest BCUT2D eigenvalue weighted by molar-refractivity contribution is 5.74. The van der Waals surface area contributed by atoms with E-state index in [2.05, 4.69) is 10.8 Å². The normalized spacial score (nSPS) is 31.4. The molecule has 2 bridgehead atoms. The highest BCUT2D eigenvalue weighted by Gasteiger charge is 2.34. The van der Waals surface area contributed by atoms with Crippen LogP contribution < -0.4 is 0 Å². The molecule has 0 heterocycles. The Morgan fingerprint density at radius 3 is 3.00 bits per heavy atom. The van der Waals surface area contributed by atoms with E-state index in [-0.39, 0.29) is 0 Å². The number of ether oxygens (including phenoxy) is 1. The highest BCUT2D eigenvalue weighted by Crippen LogP contribution is 2.45. The Morgan fingerprint density at radius 1 is 1.71 bits per heavy atom. The van der Waals surface area contributed by atoms with Crippen LogP contribution in [0, 0.1) is 11.8 Å². The summed E-state index contributed by atoms with van der Waals surface area (Å²) in [4.78, 5) is 11.0. The third-order valence-electron chi connectivity index (χ3n) is 3.35. The summed E-state index contributed by atoms with van der Waals surface area (Å²) in [5.74, 6) is 0.813. The minimum absolute atomic E-state index is 0.466. The number of carbonyl (C=O) groups is 1. The number of fused-ring (bicyclic) bond motifs is 2. The van der Waals surface area contributed by atoms with Gasteiger partial charge in [-0.05, 0) is 31.1 Å². The van der Waals surface area contributed by atoms with Crippen LogP contribution in [0.1, 0.15) is 25.7 Å². The van der Waals surface area contributed by atoms with E-state index < -0.39 is 12.1 Å². The van der Waals surface area contributed by atoms with Gasteiger partial charge in [-0.3, -0.25) is 0 Å². The first-order chi connectivity index (χ1) is 6.70. The van der Waals surface area contributed by atoms with Crippen molar-refractivity contribution in [2.75, 3.05) is 7.11 Å².